The van der Waals surface area contributed by atoms with Gasteiger partial charge in [-0.1, -0.05) is 38.1 Å². The van der Waals surface area contributed by atoms with E-state index in [0.29, 0.717) is 18.3 Å². The largest absolute Gasteiger partial charge is 0.339 e. The summed E-state index contributed by atoms with van der Waals surface area (Å²) in [4.78, 5) is 4.40. The minimum atomic E-state index is -0.277. The quantitative estimate of drug-likeness (QED) is 0.924. The fourth-order valence-electron chi connectivity index (χ4n) is 1.76. The van der Waals surface area contributed by atoms with Crippen molar-refractivity contribution in [2.24, 2.45) is 5.73 Å². The predicted octanol–water partition coefficient (Wildman–Crippen LogP) is 2.60. The van der Waals surface area contributed by atoms with Crippen molar-refractivity contribution in [2.75, 3.05) is 6.54 Å². The molecule has 1 aromatic carbocycles. The van der Waals surface area contributed by atoms with Crippen molar-refractivity contribution in [1.82, 2.24) is 10.1 Å². The zero-order chi connectivity index (χ0) is 14.0. The number of nitrogens with zero attached hydrogens (tertiary/aromatic N) is 2. The van der Waals surface area contributed by atoms with Crippen molar-refractivity contribution in [3.05, 3.63) is 47.4 Å². The second kappa shape index (κ2) is 5.09. The van der Waals surface area contributed by atoms with E-state index in [2.05, 4.69) is 10.1 Å². The van der Waals surface area contributed by atoms with Gasteiger partial charge in [0.15, 0.2) is 5.82 Å². The number of rotatable bonds is 3. The summed E-state index contributed by atoms with van der Waals surface area (Å²) in [6.45, 7) is 6.36. The van der Waals surface area contributed by atoms with Gasteiger partial charge >= 0.3 is 0 Å². The summed E-state index contributed by atoms with van der Waals surface area (Å²) >= 11 is 0. The zero-order valence-corrected chi connectivity index (χ0v) is 11.4. The Morgan fingerprint density at radius 2 is 1.89 bits per heavy atom. The first kappa shape index (κ1) is 13.7. The molecule has 4 nitrogen and oxygen atoms in total. The van der Waals surface area contributed by atoms with Gasteiger partial charge in [-0.3, -0.25) is 0 Å². The van der Waals surface area contributed by atoms with Crippen molar-refractivity contribution in [3.8, 4) is 0 Å². The standard InChI is InChI=1S/C14H18FN3O/c1-14(2,3)13-17-12(19-18-13)11(8-16)9-4-6-10(15)7-5-9/h4-7,11H,8,16H2,1-3H3. The topological polar surface area (TPSA) is 64.9 Å². The lowest BCUT2D eigenvalue weighted by Gasteiger charge is -2.12. The molecule has 1 unspecified atom stereocenters. The summed E-state index contributed by atoms with van der Waals surface area (Å²) in [6.07, 6.45) is 0. The fraction of sp³-hybridized carbons (Fsp3) is 0.429. The highest BCUT2D eigenvalue weighted by atomic mass is 19.1. The van der Waals surface area contributed by atoms with Crippen LogP contribution >= 0.6 is 0 Å². The Morgan fingerprint density at radius 3 is 2.37 bits per heavy atom. The van der Waals surface area contributed by atoms with Crippen LogP contribution in [-0.4, -0.2) is 16.7 Å². The van der Waals surface area contributed by atoms with Crippen LogP contribution in [0.2, 0.25) is 0 Å². The van der Waals surface area contributed by atoms with Gasteiger partial charge in [0, 0.05) is 12.0 Å². The van der Waals surface area contributed by atoms with E-state index in [1.54, 1.807) is 12.1 Å². The first-order chi connectivity index (χ1) is 8.91. The molecule has 2 rings (SSSR count). The van der Waals surface area contributed by atoms with E-state index in [4.69, 9.17) is 10.3 Å². The summed E-state index contributed by atoms with van der Waals surface area (Å²) in [6, 6.07) is 6.18. The number of halogens is 1. The summed E-state index contributed by atoms with van der Waals surface area (Å²) < 4.78 is 18.2. The van der Waals surface area contributed by atoms with Gasteiger partial charge in [0.1, 0.15) is 5.82 Å². The molecule has 2 aromatic rings. The van der Waals surface area contributed by atoms with Gasteiger partial charge in [0.05, 0.1) is 5.92 Å². The Bertz CT molecular complexity index is 543. The third-order valence-electron chi connectivity index (χ3n) is 2.92. The molecule has 1 atom stereocenters. The average Bonchev–Trinajstić information content (AvgIpc) is 2.82. The van der Waals surface area contributed by atoms with E-state index in [1.165, 1.54) is 12.1 Å². The van der Waals surface area contributed by atoms with E-state index in [0.717, 1.165) is 5.56 Å². The summed E-state index contributed by atoms with van der Waals surface area (Å²) in [7, 11) is 0. The molecule has 0 aliphatic rings. The molecule has 0 fully saturated rings. The number of hydrogen-bond acceptors (Lipinski definition) is 4. The molecule has 0 spiro atoms. The van der Waals surface area contributed by atoms with Crippen molar-refractivity contribution in [2.45, 2.75) is 32.1 Å². The first-order valence-electron chi connectivity index (χ1n) is 6.21. The Balaban J connectivity index is 2.32. The second-order valence-electron chi connectivity index (χ2n) is 5.55. The van der Waals surface area contributed by atoms with Crippen LogP contribution < -0.4 is 5.73 Å². The summed E-state index contributed by atoms with van der Waals surface area (Å²) in [5.74, 6) is 0.631. The van der Waals surface area contributed by atoms with Gasteiger partial charge in [-0.25, -0.2) is 4.39 Å². The molecule has 0 bridgehead atoms. The minimum absolute atomic E-state index is 0.177. The van der Waals surface area contributed by atoms with Gasteiger partial charge < -0.3 is 10.3 Å². The van der Waals surface area contributed by atoms with Crippen LogP contribution in [0.1, 0.15) is 44.0 Å². The van der Waals surface area contributed by atoms with E-state index in [-0.39, 0.29) is 17.2 Å². The molecule has 0 saturated heterocycles. The van der Waals surface area contributed by atoms with Crippen LogP contribution in [0, 0.1) is 5.82 Å². The minimum Gasteiger partial charge on any atom is -0.339 e. The lowest BCUT2D eigenvalue weighted by molar-refractivity contribution is 0.353. The lowest BCUT2D eigenvalue weighted by atomic mass is 9.95. The molecular weight excluding hydrogens is 245 g/mol. The maximum absolute atomic E-state index is 12.9. The van der Waals surface area contributed by atoms with Gasteiger partial charge in [0.25, 0.3) is 0 Å². The first-order valence-corrected chi connectivity index (χ1v) is 6.21. The van der Waals surface area contributed by atoms with Crippen LogP contribution in [0.15, 0.2) is 28.8 Å². The highest BCUT2D eigenvalue weighted by Crippen LogP contribution is 2.25. The predicted molar refractivity (Wildman–Crippen MR) is 70.3 cm³/mol. The maximum atomic E-state index is 12.9. The highest BCUT2D eigenvalue weighted by molar-refractivity contribution is 5.25. The van der Waals surface area contributed by atoms with Crippen molar-refractivity contribution < 1.29 is 8.91 Å². The molecule has 0 saturated carbocycles. The average molecular weight is 263 g/mol. The number of benzene rings is 1. The van der Waals surface area contributed by atoms with E-state index in [1.807, 2.05) is 20.8 Å². The van der Waals surface area contributed by atoms with Crippen molar-refractivity contribution in [1.29, 1.82) is 0 Å². The van der Waals surface area contributed by atoms with E-state index >= 15 is 0 Å². The zero-order valence-electron chi connectivity index (χ0n) is 11.4. The summed E-state index contributed by atoms with van der Waals surface area (Å²) in [5, 5.41) is 3.98. The molecule has 1 aromatic heterocycles. The van der Waals surface area contributed by atoms with Crippen molar-refractivity contribution >= 4 is 0 Å². The number of nitrogens with two attached hydrogens (primary N) is 1. The lowest BCUT2D eigenvalue weighted by Crippen LogP contribution is -2.16. The molecule has 0 aliphatic carbocycles. The van der Waals surface area contributed by atoms with Gasteiger partial charge in [-0.15, -0.1) is 0 Å². The fourth-order valence-corrected chi connectivity index (χ4v) is 1.76. The Hall–Kier alpha value is -1.75. The molecule has 1 heterocycles. The number of aromatic nitrogens is 2. The van der Waals surface area contributed by atoms with Crippen LogP contribution in [0.25, 0.3) is 0 Å². The third-order valence-corrected chi connectivity index (χ3v) is 2.92. The van der Waals surface area contributed by atoms with Gasteiger partial charge in [-0.2, -0.15) is 4.98 Å². The van der Waals surface area contributed by atoms with Crippen LogP contribution in [0.4, 0.5) is 4.39 Å². The molecule has 0 radical (unpaired) electrons. The van der Waals surface area contributed by atoms with Crippen LogP contribution in [-0.2, 0) is 5.41 Å². The molecule has 0 amide bonds. The summed E-state index contributed by atoms with van der Waals surface area (Å²) in [5.41, 5.74) is 6.46. The Kier molecular flexibility index (Phi) is 3.66. The smallest absolute Gasteiger partial charge is 0.235 e. The van der Waals surface area contributed by atoms with Crippen LogP contribution in [0.3, 0.4) is 0 Å². The van der Waals surface area contributed by atoms with E-state index < -0.39 is 0 Å². The number of hydrogen-bond donors (Lipinski definition) is 1. The van der Waals surface area contributed by atoms with Gasteiger partial charge in [0.2, 0.25) is 5.89 Å². The highest BCUT2D eigenvalue weighted by Gasteiger charge is 2.25. The van der Waals surface area contributed by atoms with Crippen molar-refractivity contribution in [3.63, 3.8) is 0 Å². The maximum Gasteiger partial charge on any atom is 0.235 e. The van der Waals surface area contributed by atoms with E-state index in [9.17, 15) is 4.39 Å². The Morgan fingerprint density at radius 1 is 1.26 bits per heavy atom. The third kappa shape index (κ3) is 2.98. The van der Waals surface area contributed by atoms with Gasteiger partial charge in [-0.05, 0) is 17.7 Å². The monoisotopic (exact) mass is 263 g/mol. The molecule has 19 heavy (non-hydrogen) atoms. The SMILES string of the molecule is CC(C)(C)c1noc(C(CN)c2ccc(F)cc2)n1. The Labute approximate surface area is 111 Å². The molecule has 102 valence electrons. The molecular formula is C14H18FN3O. The second-order valence-corrected chi connectivity index (χ2v) is 5.55. The van der Waals surface area contributed by atoms with Crippen LogP contribution in [0.5, 0.6) is 0 Å². The normalized spacial score (nSPS) is 13.5. The molecule has 5 heteroatoms. The molecule has 2 N–H and O–H groups in total. The molecule has 0 aliphatic heterocycles.